The van der Waals surface area contributed by atoms with E-state index in [1.165, 1.54) is 6.42 Å². The first-order chi connectivity index (χ1) is 12.6. The van der Waals surface area contributed by atoms with E-state index in [4.69, 9.17) is 16.3 Å². The molecule has 3 rings (SSSR count). The first-order valence-corrected chi connectivity index (χ1v) is 9.62. The highest BCUT2D eigenvalue weighted by Crippen LogP contribution is 2.23. The highest BCUT2D eigenvalue weighted by molar-refractivity contribution is 6.30. The maximum Gasteiger partial charge on any atom is 0.272 e. The molecule has 0 N–H and O–H groups in total. The SMILES string of the molecule is CCC1CCCCN1C(=O)c1cccc(COc2ccc(Cl)cc2C)n1. The molecule has 0 saturated carbocycles. The zero-order valence-electron chi connectivity index (χ0n) is 15.4. The van der Waals surface area contributed by atoms with E-state index in [2.05, 4.69) is 11.9 Å². The second-order valence-corrected chi connectivity index (χ2v) is 7.21. The minimum Gasteiger partial charge on any atom is -0.487 e. The summed E-state index contributed by atoms with van der Waals surface area (Å²) >= 11 is 5.98. The number of amides is 1. The minimum atomic E-state index is 0.0288. The van der Waals surface area contributed by atoms with Gasteiger partial charge in [-0.05, 0) is 68.5 Å². The van der Waals surface area contributed by atoms with Crippen molar-refractivity contribution in [3.63, 3.8) is 0 Å². The van der Waals surface area contributed by atoms with E-state index in [1.54, 1.807) is 12.1 Å². The molecule has 1 aromatic carbocycles. The summed E-state index contributed by atoms with van der Waals surface area (Å²) in [7, 11) is 0. The van der Waals surface area contributed by atoms with Gasteiger partial charge in [-0.25, -0.2) is 4.98 Å². The lowest BCUT2D eigenvalue weighted by molar-refractivity contribution is 0.0601. The molecule has 0 bridgehead atoms. The van der Waals surface area contributed by atoms with Gasteiger partial charge >= 0.3 is 0 Å². The molecule has 1 aliphatic rings. The number of hydrogen-bond acceptors (Lipinski definition) is 3. The number of benzene rings is 1. The van der Waals surface area contributed by atoms with Crippen molar-refractivity contribution in [3.05, 3.63) is 58.4 Å². The van der Waals surface area contributed by atoms with E-state index < -0.39 is 0 Å². The van der Waals surface area contributed by atoms with Crippen molar-refractivity contribution < 1.29 is 9.53 Å². The van der Waals surface area contributed by atoms with E-state index in [1.807, 2.05) is 36.1 Å². The lowest BCUT2D eigenvalue weighted by Gasteiger charge is -2.35. The fraction of sp³-hybridized carbons (Fsp3) is 0.429. The zero-order chi connectivity index (χ0) is 18.5. The molecular formula is C21H25ClN2O2. The third-order valence-corrected chi connectivity index (χ3v) is 5.13. The summed E-state index contributed by atoms with van der Waals surface area (Å²) < 4.78 is 5.85. The van der Waals surface area contributed by atoms with Crippen LogP contribution in [0.25, 0.3) is 0 Å². The largest absolute Gasteiger partial charge is 0.487 e. The van der Waals surface area contributed by atoms with Crippen molar-refractivity contribution in [2.75, 3.05) is 6.54 Å². The van der Waals surface area contributed by atoms with E-state index >= 15 is 0 Å². The number of carbonyl (C=O) groups is 1. The van der Waals surface area contributed by atoms with Gasteiger partial charge in [0.05, 0.1) is 5.69 Å². The van der Waals surface area contributed by atoms with E-state index in [9.17, 15) is 4.79 Å². The van der Waals surface area contributed by atoms with Gasteiger partial charge in [-0.3, -0.25) is 4.79 Å². The second-order valence-electron chi connectivity index (χ2n) is 6.77. The van der Waals surface area contributed by atoms with Crippen LogP contribution in [0.1, 0.15) is 54.4 Å². The topological polar surface area (TPSA) is 42.4 Å². The van der Waals surface area contributed by atoms with Crippen molar-refractivity contribution in [2.24, 2.45) is 0 Å². The first kappa shape index (κ1) is 18.7. The molecule has 4 nitrogen and oxygen atoms in total. The molecule has 0 spiro atoms. The summed E-state index contributed by atoms with van der Waals surface area (Å²) in [5.41, 5.74) is 2.22. The number of likely N-dealkylation sites (tertiary alicyclic amines) is 1. The van der Waals surface area contributed by atoms with Crippen molar-refractivity contribution in [2.45, 2.75) is 52.2 Å². The van der Waals surface area contributed by atoms with Crippen LogP contribution >= 0.6 is 11.6 Å². The third kappa shape index (κ3) is 4.36. The fourth-order valence-electron chi connectivity index (χ4n) is 3.45. The quantitative estimate of drug-likeness (QED) is 0.739. The molecule has 0 radical (unpaired) electrons. The maximum absolute atomic E-state index is 12.9. The van der Waals surface area contributed by atoms with Gasteiger partial charge in [-0.1, -0.05) is 24.6 Å². The Labute approximate surface area is 160 Å². The van der Waals surface area contributed by atoms with Crippen LogP contribution in [0.3, 0.4) is 0 Å². The smallest absolute Gasteiger partial charge is 0.272 e. The lowest BCUT2D eigenvalue weighted by Crippen LogP contribution is -2.43. The Morgan fingerprint density at radius 2 is 2.15 bits per heavy atom. The van der Waals surface area contributed by atoms with E-state index in [0.717, 1.165) is 42.8 Å². The molecule has 5 heteroatoms. The number of carbonyl (C=O) groups excluding carboxylic acids is 1. The van der Waals surface area contributed by atoms with Gasteiger partial charge in [-0.2, -0.15) is 0 Å². The molecule has 26 heavy (non-hydrogen) atoms. The van der Waals surface area contributed by atoms with E-state index in [0.29, 0.717) is 23.4 Å². The van der Waals surface area contributed by atoms with Gasteiger partial charge in [-0.15, -0.1) is 0 Å². The van der Waals surface area contributed by atoms with Crippen LogP contribution in [0, 0.1) is 6.92 Å². The molecule has 138 valence electrons. The van der Waals surface area contributed by atoms with Crippen LogP contribution in [0.15, 0.2) is 36.4 Å². The molecule has 2 heterocycles. The molecule has 1 amide bonds. The minimum absolute atomic E-state index is 0.0288. The summed E-state index contributed by atoms with van der Waals surface area (Å²) in [6, 6.07) is 11.4. The highest BCUT2D eigenvalue weighted by Gasteiger charge is 2.26. The van der Waals surface area contributed by atoms with Gasteiger partial charge in [0, 0.05) is 17.6 Å². The Morgan fingerprint density at radius 3 is 2.92 bits per heavy atom. The number of ether oxygens (including phenoxy) is 1. The van der Waals surface area contributed by atoms with Crippen LogP contribution in [0.2, 0.25) is 5.02 Å². The van der Waals surface area contributed by atoms with Crippen LogP contribution in [-0.4, -0.2) is 28.4 Å². The predicted octanol–water partition coefficient (Wildman–Crippen LogP) is 5.03. The van der Waals surface area contributed by atoms with Crippen molar-refractivity contribution in [1.82, 2.24) is 9.88 Å². The number of halogens is 1. The van der Waals surface area contributed by atoms with Gasteiger partial charge in [0.2, 0.25) is 0 Å². The number of nitrogens with zero attached hydrogens (tertiary/aromatic N) is 2. The summed E-state index contributed by atoms with van der Waals surface area (Å²) in [6.45, 7) is 5.24. The van der Waals surface area contributed by atoms with Crippen LogP contribution in [-0.2, 0) is 6.61 Å². The van der Waals surface area contributed by atoms with Crippen molar-refractivity contribution in [1.29, 1.82) is 0 Å². The molecule has 1 saturated heterocycles. The molecule has 0 aliphatic carbocycles. The molecular weight excluding hydrogens is 348 g/mol. The second kappa shape index (κ2) is 8.54. The number of rotatable bonds is 5. The number of aryl methyl sites for hydroxylation is 1. The average molecular weight is 373 g/mol. The first-order valence-electron chi connectivity index (χ1n) is 9.24. The van der Waals surface area contributed by atoms with Crippen LogP contribution in [0.5, 0.6) is 5.75 Å². The summed E-state index contributed by atoms with van der Waals surface area (Å²) in [5.74, 6) is 0.802. The Balaban J connectivity index is 1.70. The molecule has 1 aromatic heterocycles. The fourth-order valence-corrected chi connectivity index (χ4v) is 3.67. The monoisotopic (exact) mass is 372 g/mol. The van der Waals surface area contributed by atoms with Crippen molar-refractivity contribution >= 4 is 17.5 Å². The molecule has 2 aromatic rings. The normalized spacial score (nSPS) is 17.2. The van der Waals surface area contributed by atoms with Crippen LogP contribution < -0.4 is 4.74 Å². The van der Waals surface area contributed by atoms with E-state index in [-0.39, 0.29) is 5.91 Å². The number of hydrogen-bond donors (Lipinski definition) is 0. The van der Waals surface area contributed by atoms with Gasteiger partial charge in [0.25, 0.3) is 5.91 Å². The van der Waals surface area contributed by atoms with Crippen molar-refractivity contribution in [3.8, 4) is 5.75 Å². The number of piperidine rings is 1. The molecule has 1 aliphatic heterocycles. The number of aromatic nitrogens is 1. The Hall–Kier alpha value is -2.07. The van der Waals surface area contributed by atoms with Gasteiger partial charge in [0.1, 0.15) is 18.1 Å². The standard InChI is InChI=1S/C21H25ClN2O2/c1-3-18-8-4-5-12-24(18)21(25)19-9-6-7-17(23-19)14-26-20-11-10-16(22)13-15(20)2/h6-7,9-11,13,18H,3-5,8,12,14H2,1-2H3. The Morgan fingerprint density at radius 1 is 1.31 bits per heavy atom. The predicted molar refractivity (Wildman–Crippen MR) is 104 cm³/mol. The Kier molecular flexibility index (Phi) is 6.15. The lowest BCUT2D eigenvalue weighted by atomic mass is 9.99. The summed E-state index contributed by atoms with van der Waals surface area (Å²) in [6.07, 6.45) is 4.34. The molecule has 1 atom stereocenters. The summed E-state index contributed by atoms with van der Waals surface area (Å²) in [5, 5.41) is 0.688. The zero-order valence-corrected chi connectivity index (χ0v) is 16.1. The van der Waals surface area contributed by atoms with Crippen LogP contribution in [0.4, 0.5) is 0 Å². The molecule has 1 fully saturated rings. The maximum atomic E-state index is 12.9. The van der Waals surface area contributed by atoms with Gasteiger partial charge in [0.15, 0.2) is 0 Å². The third-order valence-electron chi connectivity index (χ3n) is 4.90. The average Bonchev–Trinajstić information content (AvgIpc) is 2.67. The Bertz CT molecular complexity index is 778. The number of pyridine rings is 1. The highest BCUT2D eigenvalue weighted by atomic mass is 35.5. The molecule has 1 unspecified atom stereocenters. The summed E-state index contributed by atoms with van der Waals surface area (Å²) in [4.78, 5) is 19.4. The van der Waals surface area contributed by atoms with Gasteiger partial charge < -0.3 is 9.64 Å².